The lowest BCUT2D eigenvalue weighted by Gasteiger charge is -2.29. The van der Waals surface area contributed by atoms with Crippen LogP contribution in [-0.4, -0.2) is 10.6 Å². The number of aromatic nitrogens is 1. The lowest BCUT2D eigenvalue weighted by atomic mass is 10.0. The fraction of sp³-hybridized carbons (Fsp3) is 0.360. The van der Waals surface area contributed by atoms with Crippen LogP contribution in [0.1, 0.15) is 43.2 Å². The highest BCUT2D eigenvalue weighted by molar-refractivity contribution is 5.23. The van der Waals surface area contributed by atoms with Crippen LogP contribution < -0.4 is 4.90 Å². The van der Waals surface area contributed by atoms with Crippen molar-refractivity contribution in [2.45, 2.75) is 53.4 Å². The molecule has 0 fully saturated rings. The summed E-state index contributed by atoms with van der Waals surface area (Å²) in [5, 5.41) is 0. The number of hydrogen-bond acceptors (Lipinski definition) is 0. The van der Waals surface area contributed by atoms with Crippen LogP contribution >= 0.6 is 0 Å². The van der Waals surface area contributed by atoms with Crippen molar-refractivity contribution in [1.82, 2.24) is 4.57 Å². The largest absolute Gasteiger partial charge is 0.342 e. The van der Waals surface area contributed by atoms with Gasteiger partial charge < -0.3 is 9.47 Å². The second-order valence-corrected chi connectivity index (χ2v) is 8.25. The lowest BCUT2D eigenvalue weighted by Crippen LogP contribution is -3.13. The third-order valence-electron chi connectivity index (χ3n) is 5.79. The lowest BCUT2D eigenvalue weighted by molar-refractivity contribution is -0.954. The Bertz CT molecular complexity index is 897. The first-order valence-electron chi connectivity index (χ1n) is 10.2. The molecular weight excluding hydrogens is 347 g/mol. The molecule has 3 aromatic rings. The molecule has 2 nitrogen and oxygen atoms in total. The van der Waals surface area contributed by atoms with Gasteiger partial charge in [-0.05, 0) is 37.6 Å². The minimum Gasteiger partial charge on any atom is -0.342 e. The van der Waals surface area contributed by atoms with Crippen molar-refractivity contribution in [3.63, 3.8) is 0 Å². The van der Waals surface area contributed by atoms with Crippen LogP contribution in [-0.2, 0) is 19.6 Å². The molecule has 0 aliphatic carbocycles. The maximum atomic E-state index is 14.3. The molecule has 1 aromatic heterocycles. The van der Waals surface area contributed by atoms with E-state index >= 15 is 0 Å². The van der Waals surface area contributed by atoms with Crippen molar-refractivity contribution in [2.24, 2.45) is 5.92 Å². The fourth-order valence-corrected chi connectivity index (χ4v) is 3.75. The van der Waals surface area contributed by atoms with Crippen molar-refractivity contribution in [3.05, 3.63) is 95.1 Å². The Kier molecular flexibility index (Phi) is 6.69. The molecule has 0 amide bonds. The molecule has 2 aromatic carbocycles. The van der Waals surface area contributed by atoms with E-state index in [1.807, 2.05) is 12.1 Å². The predicted molar refractivity (Wildman–Crippen MR) is 114 cm³/mol. The highest BCUT2D eigenvalue weighted by Gasteiger charge is 2.24. The molecule has 0 bridgehead atoms. The van der Waals surface area contributed by atoms with Crippen molar-refractivity contribution >= 4 is 0 Å². The average Bonchev–Trinajstić information content (AvgIpc) is 3.09. The Labute approximate surface area is 168 Å². The van der Waals surface area contributed by atoms with E-state index in [2.05, 4.69) is 74.9 Å². The molecule has 0 aliphatic heterocycles. The second-order valence-electron chi connectivity index (χ2n) is 8.25. The van der Waals surface area contributed by atoms with Gasteiger partial charge in [0.05, 0.1) is 11.7 Å². The van der Waals surface area contributed by atoms with Crippen LogP contribution in [0.5, 0.6) is 0 Å². The zero-order valence-corrected chi connectivity index (χ0v) is 17.5. The number of hydrogen-bond donors (Lipinski definition) is 1. The Morgan fingerprint density at radius 3 is 2.43 bits per heavy atom. The Morgan fingerprint density at radius 1 is 0.929 bits per heavy atom. The Morgan fingerprint density at radius 2 is 1.71 bits per heavy atom. The fourth-order valence-electron chi connectivity index (χ4n) is 3.75. The number of rotatable bonds is 8. The number of halogens is 1. The second kappa shape index (κ2) is 9.20. The van der Waals surface area contributed by atoms with E-state index in [-0.39, 0.29) is 5.82 Å². The number of benzene rings is 2. The summed E-state index contributed by atoms with van der Waals surface area (Å²) in [6.45, 7) is 11.3. The summed E-state index contributed by atoms with van der Waals surface area (Å²) >= 11 is 0. The van der Waals surface area contributed by atoms with Gasteiger partial charge in [-0.1, -0.05) is 61.9 Å². The predicted octanol–water partition coefficient (Wildman–Crippen LogP) is 4.61. The van der Waals surface area contributed by atoms with Crippen LogP contribution in [0.4, 0.5) is 4.39 Å². The molecule has 1 unspecified atom stereocenters. The molecule has 3 rings (SSSR count). The van der Waals surface area contributed by atoms with Crippen LogP contribution in [0.25, 0.3) is 0 Å². The van der Waals surface area contributed by atoms with Gasteiger partial charge in [0.1, 0.15) is 18.9 Å². The van der Waals surface area contributed by atoms with Gasteiger partial charge in [0, 0.05) is 24.2 Å². The van der Waals surface area contributed by atoms with Gasteiger partial charge in [-0.2, -0.15) is 0 Å². The van der Waals surface area contributed by atoms with E-state index in [1.165, 1.54) is 21.7 Å². The van der Waals surface area contributed by atoms with Crippen molar-refractivity contribution < 1.29 is 9.29 Å². The van der Waals surface area contributed by atoms with E-state index < -0.39 is 0 Å². The normalized spacial score (nSPS) is 13.6. The molecule has 28 heavy (non-hydrogen) atoms. The molecular formula is C25H32FN2+. The standard InChI is InChI=1S/C25H31FN2/c1-19(2)21(4)28(17-23-11-5-6-13-25(23)26)18-24-12-8-14-27(24)16-22-10-7-9-20(3)15-22/h5-15,19,21H,16-18H2,1-4H3/p+1/t21-/m0/s1. The number of aryl methyl sites for hydroxylation is 1. The van der Waals surface area contributed by atoms with Crippen LogP contribution in [0.15, 0.2) is 66.9 Å². The molecule has 0 saturated carbocycles. The van der Waals surface area contributed by atoms with E-state index in [1.54, 1.807) is 12.1 Å². The summed E-state index contributed by atoms with van der Waals surface area (Å²) in [4.78, 5) is 1.39. The molecule has 0 aliphatic rings. The summed E-state index contributed by atoms with van der Waals surface area (Å²) < 4.78 is 16.6. The number of nitrogens with zero attached hydrogens (tertiary/aromatic N) is 1. The zero-order chi connectivity index (χ0) is 20.1. The summed E-state index contributed by atoms with van der Waals surface area (Å²) in [6, 6.07) is 20.6. The molecule has 0 spiro atoms. The van der Waals surface area contributed by atoms with Gasteiger partial charge in [0.2, 0.25) is 0 Å². The highest BCUT2D eigenvalue weighted by atomic mass is 19.1. The quantitative estimate of drug-likeness (QED) is 0.585. The molecule has 1 N–H and O–H groups in total. The first-order valence-corrected chi connectivity index (χ1v) is 10.2. The van der Waals surface area contributed by atoms with Gasteiger partial charge in [-0.15, -0.1) is 0 Å². The van der Waals surface area contributed by atoms with E-state index in [0.29, 0.717) is 18.5 Å². The SMILES string of the molecule is Cc1cccc(Cn2cccc2C[NH+](Cc2ccccc2F)[C@@H](C)C(C)C)c1. The van der Waals surface area contributed by atoms with Gasteiger partial charge in [0.25, 0.3) is 0 Å². The minimum absolute atomic E-state index is 0.105. The van der Waals surface area contributed by atoms with E-state index in [4.69, 9.17) is 0 Å². The van der Waals surface area contributed by atoms with Crippen molar-refractivity contribution in [3.8, 4) is 0 Å². The van der Waals surface area contributed by atoms with E-state index in [0.717, 1.165) is 18.7 Å². The highest BCUT2D eigenvalue weighted by Crippen LogP contribution is 2.11. The number of quaternary nitrogens is 1. The van der Waals surface area contributed by atoms with Gasteiger partial charge in [0.15, 0.2) is 0 Å². The van der Waals surface area contributed by atoms with Crippen LogP contribution in [0, 0.1) is 18.7 Å². The van der Waals surface area contributed by atoms with Gasteiger partial charge in [-0.25, -0.2) is 4.39 Å². The third kappa shape index (κ3) is 5.11. The molecule has 3 heteroatoms. The van der Waals surface area contributed by atoms with Gasteiger partial charge in [-0.3, -0.25) is 0 Å². The van der Waals surface area contributed by atoms with Gasteiger partial charge >= 0.3 is 0 Å². The van der Waals surface area contributed by atoms with Crippen molar-refractivity contribution in [2.75, 3.05) is 0 Å². The molecule has 0 saturated heterocycles. The summed E-state index contributed by atoms with van der Waals surface area (Å²) in [7, 11) is 0. The molecule has 2 atom stereocenters. The van der Waals surface area contributed by atoms with E-state index in [9.17, 15) is 4.39 Å². The van der Waals surface area contributed by atoms with Crippen LogP contribution in [0.2, 0.25) is 0 Å². The smallest absolute Gasteiger partial charge is 0.132 e. The summed E-state index contributed by atoms with van der Waals surface area (Å²) in [5.74, 6) is 0.424. The average molecular weight is 380 g/mol. The minimum atomic E-state index is -0.105. The maximum Gasteiger partial charge on any atom is 0.132 e. The summed E-state index contributed by atoms with van der Waals surface area (Å²) in [5.41, 5.74) is 4.68. The molecule has 0 radical (unpaired) electrons. The van der Waals surface area contributed by atoms with Crippen molar-refractivity contribution in [1.29, 1.82) is 0 Å². The Hall–Kier alpha value is -2.39. The first kappa shape index (κ1) is 20.3. The monoisotopic (exact) mass is 379 g/mol. The van der Waals surface area contributed by atoms with Crippen LogP contribution in [0.3, 0.4) is 0 Å². The first-order chi connectivity index (χ1) is 13.4. The number of nitrogens with one attached hydrogen (secondary N) is 1. The molecule has 1 heterocycles. The maximum absolute atomic E-state index is 14.3. The third-order valence-corrected chi connectivity index (χ3v) is 5.79. The summed E-state index contributed by atoms with van der Waals surface area (Å²) in [6.07, 6.45) is 2.15. The Balaban J connectivity index is 1.81. The molecule has 148 valence electrons. The topological polar surface area (TPSA) is 9.37 Å². The zero-order valence-electron chi connectivity index (χ0n) is 17.5.